The lowest BCUT2D eigenvalue weighted by Crippen LogP contribution is -2.38. The quantitative estimate of drug-likeness (QED) is 0.802. The predicted octanol–water partition coefficient (Wildman–Crippen LogP) is 1.40. The smallest absolute Gasteiger partial charge is 0.357 e. The van der Waals surface area contributed by atoms with Crippen LogP contribution in [0.5, 0.6) is 0 Å². The van der Waals surface area contributed by atoms with Crippen molar-refractivity contribution in [2.24, 2.45) is 5.92 Å². The lowest BCUT2D eigenvalue weighted by molar-refractivity contribution is -0.125. The minimum absolute atomic E-state index is 0.0473. The maximum absolute atomic E-state index is 11.5. The highest BCUT2D eigenvalue weighted by molar-refractivity contribution is 5.89. The summed E-state index contributed by atoms with van der Waals surface area (Å²) in [6, 6.07) is 4.97. The minimum Gasteiger partial charge on any atom is -0.451 e. The lowest BCUT2D eigenvalue weighted by Gasteiger charge is -2.17. The van der Waals surface area contributed by atoms with E-state index in [1.54, 1.807) is 12.1 Å². The normalized spacial score (nSPS) is 12.0. The summed E-state index contributed by atoms with van der Waals surface area (Å²) in [6.07, 6.45) is 1.50. The van der Waals surface area contributed by atoms with Gasteiger partial charge in [-0.1, -0.05) is 19.9 Å². The van der Waals surface area contributed by atoms with Gasteiger partial charge in [-0.3, -0.25) is 4.79 Å². The Morgan fingerprint density at radius 2 is 2.06 bits per heavy atom. The topological polar surface area (TPSA) is 68.3 Å². The Bertz CT molecular complexity index is 404. The van der Waals surface area contributed by atoms with Crippen LogP contribution in [0, 0.1) is 5.92 Å². The Labute approximate surface area is 107 Å². The first-order chi connectivity index (χ1) is 8.50. The standard InChI is InChI=1S/C13H18N2O3/c1-9(2)10(3)15-12(16)8-18-13(17)11-6-4-5-7-14-11/h4-7,9-10H,8H2,1-3H3,(H,15,16). The molecule has 0 bridgehead atoms. The van der Waals surface area contributed by atoms with Gasteiger partial charge in [0, 0.05) is 12.2 Å². The second-order valence-corrected chi connectivity index (χ2v) is 4.39. The number of aromatic nitrogens is 1. The van der Waals surface area contributed by atoms with Gasteiger partial charge < -0.3 is 10.1 Å². The summed E-state index contributed by atoms with van der Waals surface area (Å²) in [4.78, 5) is 26.8. The zero-order chi connectivity index (χ0) is 13.5. The van der Waals surface area contributed by atoms with E-state index in [0.29, 0.717) is 5.92 Å². The van der Waals surface area contributed by atoms with Crippen molar-refractivity contribution in [1.82, 2.24) is 10.3 Å². The van der Waals surface area contributed by atoms with Crippen LogP contribution < -0.4 is 5.32 Å². The molecule has 18 heavy (non-hydrogen) atoms. The monoisotopic (exact) mass is 250 g/mol. The van der Waals surface area contributed by atoms with Crippen molar-refractivity contribution in [3.63, 3.8) is 0 Å². The van der Waals surface area contributed by atoms with E-state index in [-0.39, 0.29) is 24.2 Å². The molecule has 1 amide bonds. The van der Waals surface area contributed by atoms with Crippen molar-refractivity contribution in [1.29, 1.82) is 0 Å². The van der Waals surface area contributed by atoms with Crippen molar-refractivity contribution in [2.45, 2.75) is 26.8 Å². The van der Waals surface area contributed by atoms with Crippen LogP contribution in [0.15, 0.2) is 24.4 Å². The van der Waals surface area contributed by atoms with Crippen molar-refractivity contribution < 1.29 is 14.3 Å². The molecule has 1 N–H and O–H groups in total. The minimum atomic E-state index is -0.594. The van der Waals surface area contributed by atoms with Crippen LogP contribution in [-0.4, -0.2) is 29.5 Å². The summed E-state index contributed by atoms with van der Waals surface area (Å²) in [5.74, 6) is -0.566. The Morgan fingerprint density at radius 1 is 1.33 bits per heavy atom. The molecule has 0 aliphatic rings. The first-order valence-electron chi connectivity index (χ1n) is 5.88. The molecule has 1 atom stereocenters. The highest BCUT2D eigenvalue weighted by Gasteiger charge is 2.14. The van der Waals surface area contributed by atoms with Gasteiger partial charge in [-0.15, -0.1) is 0 Å². The molecule has 1 aromatic heterocycles. The van der Waals surface area contributed by atoms with Gasteiger partial charge in [0.05, 0.1) is 0 Å². The van der Waals surface area contributed by atoms with Crippen LogP contribution in [-0.2, 0) is 9.53 Å². The molecule has 0 fully saturated rings. The van der Waals surface area contributed by atoms with E-state index in [0.717, 1.165) is 0 Å². The number of pyridine rings is 1. The lowest BCUT2D eigenvalue weighted by atomic mass is 10.1. The second-order valence-electron chi connectivity index (χ2n) is 4.39. The third-order valence-corrected chi connectivity index (χ3v) is 2.60. The van der Waals surface area contributed by atoms with Crippen molar-refractivity contribution in [3.05, 3.63) is 30.1 Å². The molecular formula is C13H18N2O3. The predicted molar refractivity (Wildman–Crippen MR) is 67.0 cm³/mol. The summed E-state index contributed by atoms with van der Waals surface area (Å²) >= 11 is 0. The van der Waals surface area contributed by atoms with Crippen molar-refractivity contribution in [3.8, 4) is 0 Å². The van der Waals surface area contributed by atoms with E-state index in [9.17, 15) is 9.59 Å². The van der Waals surface area contributed by atoms with E-state index in [2.05, 4.69) is 10.3 Å². The Morgan fingerprint density at radius 3 is 2.61 bits per heavy atom. The first-order valence-corrected chi connectivity index (χ1v) is 5.88. The molecule has 1 rings (SSSR count). The number of amides is 1. The van der Waals surface area contributed by atoms with Gasteiger partial charge in [-0.2, -0.15) is 0 Å². The fourth-order valence-electron chi connectivity index (χ4n) is 1.15. The molecule has 0 radical (unpaired) electrons. The molecule has 0 aliphatic carbocycles. The van der Waals surface area contributed by atoms with Gasteiger partial charge in [-0.05, 0) is 25.0 Å². The first kappa shape index (κ1) is 14.2. The third-order valence-electron chi connectivity index (χ3n) is 2.60. The van der Waals surface area contributed by atoms with Crippen molar-refractivity contribution >= 4 is 11.9 Å². The Kier molecular flexibility index (Phi) is 5.30. The molecule has 0 saturated carbocycles. The number of esters is 1. The number of nitrogens with one attached hydrogen (secondary N) is 1. The van der Waals surface area contributed by atoms with Crippen LogP contribution in [0.3, 0.4) is 0 Å². The van der Waals surface area contributed by atoms with E-state index in [1.165, 1.54) is 12.3 Å². The number of rotatable bonds is 5. The summed E-state index contributed by atoms with van der Waals surface area (Å²) < 4.78 is 4.86. The van der Waals surface area contributed by atoms with Gasteiger partial charge in [-0.25, -0.2) is 9.78 Å². The number of nitrogens with zero attached hydrogens (tertiary/aromatic N) is 1. The van der Waals surface area contributed by atoms with Gasteiger partial charge in [0.25, 0.3) is 5.91 Å². The van der Waals surface area contributed by atoms with E-state index >= 15 is 0 Å². The highest BCUT2D eigenvalue weighted by atomic mass is 16.5. The Hall–Kier alpha value is -1.91. The van der Waals surface area contributed by atoms with Crippen LogP contribution in [0.2, 0.25) is 0 Å². The fraction of sp³-hybridized carbons (Fsp3) is 0.462. The molecule has 1 unspecified atom stereocenters. The van der Waals surface area contributed by atoms with Crippen LogP contribution in [0.25, 0.3) is 0 Å². The number of hydrogen-bond acceptors (Lipinski definition) is 4. The summed E-state index contributed by atoms with van der Waals surface area (Å²) in [7, 11) is 0. The highest BCUT2D eigenvalue weighted by Crippen LogP contribution is 2.00. The van der Waals surface area contributed by atoms with Gasteiger partial charge in [0.2, 0.25) is 0 Å². The van der Waals surface area contributed by atoms with E-state index in [4.69, 9.17) is 4.74 Å². The maximum atomic E-state index is 11.5. The van der Waals surface area contributed by atoms with Crippen LogP contribution >= 0.6 is 0 Å². The molecule has 1 aromatic rings. The average Bonchev–Trinajstić information content (AvgIpc) is 2.36. The number of ether oxygens (including phenoxy) is 1. The zero-order valence-electron chi connectivity index (χ0n) is 10.8. The summed E-state index contributed by atoms with van der Waals surface area (Å²) in [6.45, 7) is 5.63. The van der Waals surface area contributed by atoms with Crippen LogP contribution in [0.4, 0.5) is 0 Å². The fourth-order valence-corrected chi connectivity index (χ4v) is 1.15. The van der Waals surface area contributed by atoms with Crippen LogP contribution in [0.1, 0.15) is 31.3 Å². The molecular weight excluding hydrogens is 232 g/mol. The molecule has 0 aromatic carbocycles. The van der Waals surface area contributed by atoms with E-state index in [1.807, 2.05) is 20.8 Å². The molecule has 0 aliphatic heterocycles. The Balaban J connectivity index is 2.37. The molecule has 0 saturated heterocycles. The van der Waals surface area contributed by atoms with Gasteiger partial charge in [0.1, 0.15) is 5.69 Å². The largest absolute Gasteiger partial charge is 0.451 e. The van der Waals surface area contributed by atoms with Crippen molar-refractivity contribution in [2.75, 3.05) is 6.61 Å². The van der Waals surface area contributed by atoms with Gasteiger partial charge in [0.15, 0.2) is 6.61 Å². The zero-order valence-corrected chi connectivity index (χ0v) is 10.8. The van der Waals surface area contributed by atoms with E-state index < -0.39 is 5.97 Å². The molecule has 98 valence electrons. The SMILES string of the molecule is CC(C)C(C)NC(=O)COC(=O)c1ccccn1. The number of carbonyl (C=O) groups is 2. The molecule has 5 nitrogen and oxygen atoms in total. The second kappa shape index (κ2) is 6.74. The number of hydrogen-bond donors (Lipinski definition) is 1. The maximum Gasteiger partial charge on any atom is 0.357 e. The number of carbonyl (C=O) groups excluding carboxylic acids is 2. The molecule has 5 heteroatoms. The molecule has 1 heterocycles. The summed E-state index contributed by atoms with van der Waals surface area (Å²) in [5.41, 5.74) is 0.196. The summed E-state index contributed by atoms with van der Waals surface area (Å²) in [5, 5.41) is 2.75. The van der Waals surface area contributed by atoms with Gasteiger partial charge >= 0.3 is 5.97 Å². The third kappa shape index (κ3) is 4.53. The average molecular weight is 250 g/mol. The molecule has 0 spiro atoms.